The molecule has 0 spiro atoms. The SMILES string of the molecule is O=C(Nc1c(CI)cncc1CI)c1ccc(OC(F)F)c(OCC2CC2)c1. The highest BCUT2D eigenvalue weighted by molar-refractivity contribution is 14.1. The third-order valence-corrected chi connectivity index (χ3v) is 5.87. The Bertz CT molecular complexity index is 826. The Labute approximate surface area is 188 Å². The van der Waals surface area contributed by atoms with Crippen molar-refractivity contribution in [2.75, 3.05) is 11.9 Å². The van der Waals surface area contributed by atoms with Crippen LogP contribution in [0.25, 0.3) is 0 Å². The summed E-state index contributed by atoms with van der Waals surface area (Å²) < 4.78 is 36.9. The zero-order valence-corrected chi connectivity index (χ0v) is 19.1. The number of halogens is 4. The molecule has 1 aromatic carbocycles. The lowest BCUT2D eigenvalue weighted by Gasteiger charge is -2.15. The van der Waals surface area contributed by atoms with E-state index in [1.165, 1.54) is 18.2 Å². The molecule has 0 aliphatic heterocycles. The van der Waals surface area contributed by atoms with Gasteiger partial charge in [0.1, 0.15) is 0 Å². The van der Waals surface area contributed by atoms with E-state index < -0.39 is 6.61 Å². The fourth-order valence-corrected chi connectivity index (χ4v) is 3.71. The molecule has 0 radical (unpaired) electrons. The predicted molar refractivity (Wildman–Crippen MR) is 119 cm³/mol. The number of benzene rings is 1. The molecule has 5 nitrogen and oxygen atoms in total. The van der Waals surface area contributed by atoms with Crippen LogP contribution in [-0.4, -0.2) is 24.1 Å². The lowest BCUT2D eigenvalue weighted by molar-refractivity contribution is -0.0515. The van der Waals surface area contributed by atoms with E-state index in [2.05, 4.69) is 60.2 Å². The molecule has 150 valence electrons. The highest BCUT2D eigenvalue weighted by Gasteiger charge is 2.23. The van der Waals surface area contributed by atoms with Gasteiger partial charge in [-0.15, -0.1) is 0 Å². The van der Waals surface area contributed by atoms with Crippen molar-refractivity contribution in [2.45, 2.75) is 28.3 Å². The summed E-state index contributed by atoms with van der Waals surface area (Å²) in [5, 5.41) is 2.93. The van der Waals surface area contributed by atoms with E-state index in [0.717, 1.165) is 29.7 Å². The summed E-state index contributed by atoms with van der Waals surface area (Å²) in [6.45, 7) is -2.54. The minimum absolute atomic E-state index is 0.0722. The van der Waals surface area contributed by atoms with Crippen molar-refractivity contribution in [2.24, 2.45) is 5.92 Å². The first-order chi connectivity index (χ1) is 13.5. The van der Waals surface area contributed by atoms with Gasteiger partial charge >= 0.3 is 6.61 Å². The van der Waals surface area contributed by atoms with Crippen LogP contribution >= 0.6 is 45.2 Å². The minimum Gasteiger partial charge on any atom is -0.489 e. The second-order valence-corrected chi connectivity index (χ2v) is 7.87. The molecule has 0 saturated heterocycles. The molecular weight excluding hydrogens is 596 g/mol. The van der Waals surface area contributed by atoms with Gasteiger partial charge in [-0.1, -0.05) is 45.2 Å². The number of nitrogens with zero attached hydrogens (tertiary/aromatic N) is 1. The smallest absolute Gasteiger partial charge is 0.387 e. The van der Waals surface area contributed by atoms with Crippen molar-refractivity contribution < 1.29 is 23.0 Å². The summed E-state index contributed by atoms with van der Waals surface area (Å²) in [5.74, 6) is 0.171. The first-order valence-electron chi connectivity index (χ1n) is 8.62. The molecule has 1 heterocycles. The van der Waals surface area contributed by atoms with Crippen LogP contribution in [0.4, 0.5) is 14.5 Å². The van der Waals surface area contributed by atoms with Crippen LogP contribution in [-0.2, 0) is 8.86 Å². The number of hydrogen-bond acceptors (Lipinski definition) is 4. The van der Waals surface area contributed by atoms with Crippen LogP contribution in [0, 0.1) is 5.92 Å². The Morgan fingerprint density at radius 3 is 2.43 bits per heavy atom. The lowest BCUT2D eigenvalue weighted by atomic mass is 10.1. The number of pyridine rings is 1. The van der Waals surface area contributed by atoms with Gasteiger partial charge in [0.05, 0.1) is 12.3 Å². The maximum absolute atomic E-state index is 12.8. The Kier molecular flexibility index (Phi) is 7.66. The van der Waals surface area contributed by atoms with Crippen LogP contribution in [0.1, 0.15) is 34.3 Å². The number of nitrogens with one attached hydrogen (secondary N) is 1. The van der Waals surface area contributed by atoms with Crippen LogP contribution < -0.4 is 14.8 Å². The third kappa shape index (κ3) is 5.65. The van der Waals surface area contributed by atoms with Gasteiger partial charge in [-0.25, -0.2) is 0 Å². The number of carbonyl (C=O) groups excluding carboxylic acids is 1. The Morgan fingerprint density at radius 1 is 1.18 bits per heavy atom. The molecule has 2 aromatic rings. The summed E-state index contributed by atoms with van der Waals surface area (Å²) in [5.41, 5.74) is 2.89. The number of aromatic nitrogens is 1. The average molecular weight is 614 g/mol. The van der Waals surface area contributed by atoms with Gasteiger partial charge in [-0.3, -0.25) is 9.78 Å². The molecule has 3 rings (SSSR count). The molecule has 1 saturated carbocycles. The largest absolute Gasteiger partial charge is 0.489 e. The van der Waals surface area contributed by atoms with E-state index in [1.807, 2.05) is 0 Å². The molecule has 0 atom stereocenters. The maximum Gasteiger partial charge on any atom is 0.387 e. The summed E-state index contributed by atoms with van der Waals surface area (Å²) in [6.07, 6.45) is 5.57. The second kappa shape index (κ2) is 9.99. The molecule has 28 heavy (non-hydrogen) atoms. The molecule has 1 amide bonds. The second-order valence-electron chi connectivity index (χ2n) is 6.35. The normalized spacial score (nSPS) is 13.5. The number of alkyl halides is 4. The number of ether oxygens (including phenoxy) is 2. The topological polar surface area (TPSA) is 60.5 Å². The van der Waals surface area contributed by atoms with Gasteiger partial charge in [0.25, 0.3) is 5.91 Å². The van der Waals surface area contributed by atoms with E-state index in [9.17, 15) is 13.6 Å². The number of carbonyl (C=O) groups is 1. The zero-order valence-electron chi connectivity index (χ0n) is 14.8. The Hall–Kier alpha value is -1.24. The molecule has 1 aromatic heterocycles. The van der Waals surface area contributed by atoms with Gasteiger partial charge < -0.3 is 14.8 Å². The summed E-state index contributed by atoms with van der Waals surface area (Å²) >= 11 is 4.43. The quantitative estimate of drug-likeness (QED) is 0.296. The molecule has 0 unspecified atom stereocenters. The highest BCUT2D eigenvalue weighted by atomic mass is 127. The van der Waals surface area contributed by atoms with Gasteiger partial charge in [-0.05, 0) is 37.0 Å². The van der Waals surface area contributed by atoms with Crippen molar-refractivity contribution in [3.63, 3.8) is 0 Å². The first-order valence-corrected chi connectivity index (χ1v) is 11.7. The predicted octanol–water partition coefficient (Wildman–Crippen LogP) is 5.59. The third-order valence-electron chi connectivity index (χ3n) is 4.22. The molecule has 9 heteroatoms. The van der Waals surface area contributed by atoms with Crippen LogP contribution in [0.15, 0.2) is 30.6 Å². The highest BCUT2D eigenvalue weighted by Crippen LogP contribution is 2.34. The van der Waals surface area contributed by atoms with Crippen molar-refractivity contribution in [1.82, 2.24) is 4.98 Å². The van der Waals surface area contributed by atoms with Crippen molar-refractivity contribution in [3.8, 4) is 11.5 Å². The molecule has 1 fully saturated rings. The van der Waals surface area contributed by atoms with Crippen molar-refractivity contribution in [3.05, 3.63) is 47.3 Å². The van der Waals surface area contributed by atoms with Crippen LogP contribution in [0.5, 0.6) is 11.5 Å². The van der Waals surface area contributed by atoms with E-state index in [4.69, 9.17) is 4.74 Å². The Morgan fingerprint density at radius 2 is 1.86 bits per heavy atom. The van der Waals surface area contributed by atoms with Gasteiger partial charge in [0.15, 0.2) is 11.5 Å². The fraction of sp³-hybridized carbons (Fsp3) is 0.368. The molecule has 1 aliphatic carbocycles. The lowest BCUT2D eigenvalue weighted by Crippen LogP contribution is -2.15. The van der Waals surface area contributed by atoms with E-state index >= 15 is 0 Å². The van der Waals surface area contributed by atoms with Gasteiger partial charge in [-0.2, -0.15) is 8.78 Å². The summed E-state index contributed by atoms with van der Waals surface area (Å²) in [4.78, 5) is 17.0. The zero-order chi connectivity index (χ0) is 20.1. The van der Waals surface area contributed by atoms with Crippen molar-refractivity contribution >= 4 is 56.8 Å². The van der Waals surface area contributed by atoms with E-state index in [0.29, 0.717) is 26.9 Å². The van der Waals surface area contributed by atoms with Crippen molar-refractivity contribution in [1.29, 1.82) is 0 Å². The summed E-state index contributed by atoms with van der Waals surface area (Å²) in [7, 11) is 0. The number of rotatable bonds is 9. The van der Waals surface area contributed by atoms with Crippen LogP contribution in [0.3, 0.4) is 0 Å². The number of hydrogen-bond donors (Lipinski definition) is 1. The summed E-state index contributed by atoms with van der Waals surface area (Å²) in [6, 6.07) is 4.24. The standard InChI is InChI=1S/C19H18F2I2N2O3/c20-19(21)28-15-4-3-12(5-16(15)27-10-11-1-2-11)18(26)25-17-13(6-22)8-24-9-14(17)7-23/h3-5,8-9,11,19H,1-2,6-7,10H2,(H,24,25,26). The molecule has 1 N–H and O–H groups in total. The Balaban J connectivity index is 1.84. The number of anilines is 1. The van der Waals surface area contributed by atoms with Gasteiger partial charge in [0, 0.05) is 37.9 Å². The first kappa shape index (κ1) is 21.5. The minimum atomic E-state index is -2.96. The van der Waals surface area contributed by atoms with E-state index in [1.54, 1.807) is 12.4 Å². The van der Waals surface area contributed by atoms with Gasteiger partial charge in [0.2, 0.25) is 0 Å². The number of amides is 1. The molecular formula is C19H18F2I2N2O3. The molecule has 0 bridgehead atoms. The molecule has 1 aliphatic rings. The average Bonchev–Trinajstić information content (AvgIpc) is 3.51. The maximum atomic E-state index is 12.8. The van der Waals surface area contributed by atoms with Crippen LogP contribution in [0.2, 0.25) is 0 Å². The fourth-order valence-electron chi connectivity index (χ4n) is 2.55. The monoisotopic (exact) mass is 614 g/mol. The van der Waals surface area contributed by atoms with E-state index in [-0.39, 0.29) is 17.4 Å².